The van der Waals surface area contributed by atoms with Crippen molar-refractivity contribution in [3.63, 3.8) is 0 Å². The molecule has 0 unspecified atom stereocenters. The van der Waals surface area contributed by atoms with Gasteiger partial charge < -0.3 is 17.8 Å². The lowest BCUT2D eigenvalue weighted by Gasteiger charge is -2.42. The maximum absolute atomic E-state index is 3.65. The third-order valence-electron chi connectivity index (χ3n) is 2.82. The molecule has 0 aromatic heterocycles. The summed E-state index contributed by atoms with van der Waals surface area (Å²) in [6.45, 7) is 4.90. The molecule has 4 nitrogen and oxygen atoms in total. The standard InChI is InChI=1S/C4H20N4Si4/c1-7-10-5-9-6-11-8(2)12(7,3)4/h5-6H,9-11H2,1-4H3. The van der Waals surface area contributed by atoms with Gasteiger partial charge in [0.05, 0.1) is 0 Å². The van der Waals surface area contributed by atoms with E-state index in [1.54, 1.807) is 0 Å². The first kappa shape index (κ1) is 10.8. The van der Waals surface area contributed by atoms with Crippen LogP contribution in [0.25, 0.3) is 0 Å². The second-order valence-electron chi connectivity index (χ2n) is 3.88. The van der Waals surface area contributed by atoms with Crippen molar-refractivity contribution in [2.75, 3.05) is 14.1 Å². The number of hydrogen-bond acceptors (Lipinski definition) is 4. The molecule has 0 saturated carbocycles. The fourth-order valence-electron chi connectivity index (χ4n) is 1.21. The Labute approximate surface area is 83.2 Å². The first-order valence-electron chi connectivity index (χ1n) is 4.39. The number of rotatable bonds is 0. The molecular weight excluding hydrogens is 216 g/mol. The van der Waals surface area contributed by atoms with Crippen molar-refractivity contribution in [3.8, 4) is 0 Å². The first-order valence-corrected chi connectivity index (χ1v) is 11.4. The maximum Gasteiger partial charge on any atom is 0.187 e. The summed E-state index contributed by atoms with van der Waals surface area (Å²) >= 11 is 0. The molecule has 0 aromatic rings. The lowest BCUT2D eigenvalue weighted by molar-refractivity contribution is 0.646. The van der Waals surface area contributed by atoms with Crippen molar-refractivity contribution >= 4 is 37.9 Å². The molecule has 0 amide bonds. The molecule has 8 heteroatoms. The summed E-state index contributed by atoms with van der Waals surface area (Å²) in [5.74, 6) is 0. The average Bonchev–Trinajstić information content (AvgIpc) is 2.01. The molecule has 12 heavy (non-hydrogen) atoms. The van der Waals surface area contributed by atoms with E-state index in [2.05, 4.69) is 44.9 Å². The van der Waals surface area contributed by atoms with Crippen LogP contribution in [-0.2, 0) is 0 Å². The van der Waals surface area contributed by atoms with Gasteiger partial charge in [-0.05, 0) is 27.2 Å². The highest BCUT2D eigenvalue weighted by atomic mass is 28.4. The van der Waals surface area contributed by atoms with Crippen LogP contribution in [0.5, 0.6) is 0 Å². The zero-order valence-electron chi connectivity index (χ0n) is 8.52. The van der Waals surface area contributed by atoms with Gasteiger partial charge in [-0.15, -0.1) is 0 Å². The minimum atomic E-state index is -1.19. The Kier molecular flexibility index (Phi) is 3.85. The Morgan fingerprint density at radius 3 is 1.83 bits per heavy atom. The highest BCUT2D eigenvalue weighted by Gasteiger charge is 2.31. The van der Waals surface area contributed by atoms with E-state index < -0.39 is 8.40 Å². The Balaban J connectivity index is 2.62. The predicted molar refractivity (Wildman–Crippen MR) is 64.9 cm³/mol. The largest absolute Gasteiger partial charge is 0.346 e. The quantitative estimate of drug-likeness (QED) is 0.433. The average molecular weight is 237 g/mol. The van der Waals surface area contributed by atoms with E-state index in [1.807, 2.05) is 0 Å². The summed E-state index contributed by atoms with van der Waals surface area (Å²) in [5, 5.41) is 0. The van der Waals surface area contributed by atoms with Crippen LogP contribution in [0.15, 0.2) is 0 Å². The Bertz CT molecular complexity index is 140. The minimum absolute atomic E-state index is 0.0984. The summed E-state index contributed by atoms with van der Waals surface area (Å²) < 4.78 is 12.6. The smallest absolute Gasteiger partial charge is 0.187 e. The summed E-state index contributed by atoms with van der Waals surface area (Å²) in [4.78, 5) is 0. The number of nitrogens with one attached hydrogen (secondary N) is 2. The molecule has 1 saturated heterocycles. The molecule has 0 atom stereocenters. The third kappa shape index (κ3) is 2.35. The first-order chi connectivity index (χ1) is 5.55. The molecule has 1 aliphatic heterocycles. The molecule has 1 fully saturated rings. The lowest BCUT2D eigenvalue weighted by Crippen LogP contribution is -2.68. The summed E-state index contributed by atoms with van der Waals surface area (Å²) in [5.41, 5.74) is 0. The van der Waals surface area contributed by atoms with Crippen LogP contribution in [0.3, 0.4) is 0 Å². The summed E-state index contributed by atoms with van der Waals surface area (Å²) in [6.07, 6.45) is 0. The highest BCUT2D eigenvalue weighted by Crippen LogP contribution is 2.08. The van der Waals surface area contributed by atoms with Crippen molar-refractivity contribution in [1.82, 2.24) is 17.8 Å². The van der Waals surface area contributed by atoms with Gasteiger partial charge in [0.25, 0.3) is 0 Å². The molecule has 0 bridgehead atoms. The van der Waals surface area contributed by atoms with E-state index in [4.69, 9.17) is 0 Å². The van der Waals surface area contributed by atoms with Crippen molar-refractivity contribution < 1.29 is 0 Å². The molecule has 0 aromatic carbocycles. The fourth-order valence-corrected chi connectivity index (χ4v) is 14.8. The Morgan fingerprint density at radius 2 is 1.42 bits per heavy atom. The van der Waals surface area contributed by atoms with Gasteiger partial charge in [0.15, 0.2) is 37.9 Å². The van der Waals surface area contributed by atoms with Crippen molar-refractivity contribution in [2.45, 2.75) is 13.1 Å². The van der Waals surface area contributed by atoms with Crippen molar-refractivity contribution in [3.05, 3.63) is 0 Å². The van der Waals surface area contributed by atoms with E-state index in [1.165, 1.54) is 0 Å². The fraction of sp³-hybridized carbons (Fsp3) is 1.00. The van der Waals surface area contributed by atoms with E-state index >= 15 is 0 Å². The van der Waals surface area contributed by atoms with Crippen molar-refractivity contribution in [1.29, 1.82) is 0 Å². The van der Waals surface area contributed by atoms with Gasteiger partial charge in [-0.2, -0.15) is 0 Å². The van der Waals surface area contributed by atoms with Gasteiger partial charge in [-0.1, -0.05) is 0 Å². The highest BCUT2D eigenvalue weighted by molar-refractivity contribution is 6.84. The second-order valence-corrected chi connectivity index (χ2v) is 16.5. The monoisotopic (exact) mass is 236 g/mol. The lowest BCUT2D eigenvalue weighted by atomic mass is 11.6. The zero-order valence-corrected chi connectivity index (χ0v) is 13.8. The zero-order chi connectivity index (χ0) is 9.19. The van der Waals surface area contributed by atoms with E-state index in [9.17, 15) is 0 Å². The molecule has 0 aliphatic carbocycles. The van der Waals surface area contributed by atoms with Crippen LogP contribution < -0.4 is 9.30 Å². The number of hydrogen-bond donors (Lipinski definition) is 2. The van der Waals surface area contributed by atoms with Gasteiger partial charge in [0, 0.05) is 0 Å². The maximum atomic E-state index is 3.65. The summed E-state index contributed by atoms with van der Waals surface area (Å²) in [6, 6.07) is 0. The molecule has 1 heterocycles. The van der Waals surface area contributed by atoms with Crippen LogP contribution in [0, 0.1) is 0 Å². The minimum Gasteiger partial charge on any atom is -0.346 e. The van der Waals surface area contributed by atoms with Gasteiger partial charge in [0.1, 0.15) is 0 Å². The Morgan fingerprint density at radius 1 is 1.00 bits per heavy atom. The Hall–Kier alpha value is 0.708. The second kappa shape index (κ2) is 4.28. The van der Waals surface area contributed by atoms with Gasteiger partial charge in [-0.25, -0.2) is 0 Å². The molecule has 72 valence electrons. The van der Waals surface area contributed by atoms with Crippen LogP contribution in [0.4, 0.5) is 0 Å². The predicted octanol–water partition coefficient (Wildman–Crippen LogP) is -3.26. The molecule has 1 aliphatic rings. The number of nitrogens with zero attached hydrogens (tertiary/aromatic N) is 2. The molecule has 0 spiro atoms. The van der Waals surface area contributed by atoms with Gasteiger partial charge in [-0.3, -0.25) is 0 Å². The summed E-state index contributed by atoms with van der Waals surface area (Å²) in [7, 11) is 3.04. The normalized spacial score (nSPS) is 34.0. The molecule has 1 rings (SSSR count). The van der Waals surface area contributed by atoms with E-state index in [0.29, 0.717) is 0 Å². The molecule has 0 radical (unpaired) electrons. The third-order valence-corrected chi connectivity index (χ3v) is 16.9. The topological polar surface area (TPSA) is 30.5 Å². The van der Waals surface area contributed by atoms with Crippen molar-refractivity contribution in [2.24, 2.45) is 0 Å². The van der Waals surface area contributed by atoms with Crippen LogP contribution >= 0.6 is 0 Å². The van der Waals surface area contributed by atoms with Crippen LogP contribution in [0.2, 0.25) is 13.1 Å². The van der Waals surface area contributed by atoms with Crippen LogP contribution in [-0.4, -0.2) is 60.5 Å². The SMILES string of the molecule is CN1[SiH2]N[SiH2]N[SiH2]N(C)[Si]1(C)C. The van der Waals surface area contributed by atoms with Gasteiger partial charge in [0.2, 0.25) is 0 Å². The molecular formula is C4H20N4Si4. The van der Waals surface area contributed by atoms with E-state index in [-0.39, 0.29) is 29.5 Å². The van der Waals surface area contributed by atoms with Crippen LogP contribution in [0.1, 0.15) is 0 Å². The van der Waals surface area contributed by atoms with E-state index in [0.717, 1.165) is 0 Å². The molecule has 2 N–H and O–H groups in total. The van der Waals surface area contributed by atoms with Gasteiger partial charge >= 0.3 is 0 Å².